The standard InChI is InChI=1S/C47H56ClN8O7PS/c1-32(30-54-21-23-64(4,60)24-22-54)51-42-12-10-39(27-43(42)56(58)59)65(61,62)52-46(57)40-11-9-37(26-44(40)63-38-25-34-14-16-49-45(34)50-29-38)55-19-17-53(18-20-55)31-35-13-15-47(2,3)28-41(35)33-5-7-36(48)8-6-33/h5-12,14,16,25-27,29,32,51,60H,13,15,17-24,28,30-31H2,1-4H3,(H-,49,50,52,57)/p+1/t32-/m1/s1. The number of benzene rings is 3. The number of fused-ring (bicyclic) bond motifs is 1. The Labute approximate surface area is 385 Å². The lowest BCUT2D eigenvalue weighted by atomic mass is 9.72. The molecule has 2 aromatic heterocycles. The zero-order valence-electron chi connectivity index (χ0n) is 37.2. The maximum Gasteiger partial charge on any atom is 0.293 e. The number of rotatable bonds is 14. The quantitative estimate of drug-likeness (QED) is 0.0474. The number of halogens is 1. The van der Waals surface area contributed by atoms with E-state index in [1.165, 1.54) is 35.0 Å². The van der Waals surface area contributed by atoms with E-state index in [9.17, 15) is 28.2 Å². The number of ether oxygens (including phenoxy) is 1. The van der Waals surface area contributed by atoms with E-state index in [0.29, 0.717) is 17.9 Å². The van der Waals surface area contributed by atoms with Gasteiger partial charge in [0.25, 0.3) is 21.6 Å². The van der Waals surface area contributed by atoms with Gasteiger partial charge in [-0.25, -0.2) is 18.1 Å². The predicted molar refractivity (Wildman–Crippen MR) is 259 cm³/mol. The summed E-state index contributed by atoms with van der Waals surface area (Å²) in [7, 11) is -6.46. The first-order valence-corrected chi connectivity index (χ1v) is 26.4. The second kappa shape index (κ2) is 19.0. The van der Waals surface area contributed by atoms with Crippen LogP contribution in [-0.4, -0.2) is 121 Å². The molecule has 2 aliphatic heterocycles. The van der Waals surface area contributed by atoms with Crippen LogP contribution in [-0.2, 0) is 10.0 Å². The average Bonchev–Trinajstić information content (AvgIpc) is 3.73. The number of anilines is 2. The van der Waals surface area contributed by atoms with Gasteiger partial charge in [-0.3, -0.25) is 29.6 Å². The Balaban J connectivity index is 0.987. The number of pyridine rings is 1. The van der Waals surface area contributed by atoms with Crippen LogP contribution in [0.1, 0.15) is 56.0 Å². The number of nitrogens with one attached hydrogen (secondary N) is 3. The molecule has 1 aliphatic carbocycles. The highest BCUT2D eigenvalue weighted by molar-refractivity contribution is 7.90. The van der Waals surface area contributed by atoms with Crippen LogP contribution in [0, 0.1) is 15.5 Å². The molecule has 2 saturated heterocycles. The third-order valence-electron chi connectivity index (χ3n) is 12.8. The summed E-state index contributed by atoms with van der Waals surface area (Å²) in [5.74, 6) is -0.498. The van der Waals surface area contributed by atoms with Gasteiger partial charge in [0.2, 0.25) is 0 Å². The number of nitro groups is 1. The summed E-state index contributed by atoms with van der Waals surface area (Å²) in [4.78, 5) is 50.0. The van der Waals surface area contributed by atoms with Crippen LogP contribution in [0.3, 0.4) is 0 Å². The molecule has 344 valence electrons. The number of aromatic nitrogens is 2. The number of carbonyl (C=O) groups is 1. The van der Waals surface area contributed by atoms with Crippen molar-refractivity contribution < 1.29 is 27.8 Å². The van der Waals surface area contributed by atoms with E-state index in [0.717, 1.165) is 99.6 Å². The lowest BCUT2D eigenvalue weighted by Gasteiger charge is -2.39. The van der Waals surface area contributed by atoms with Crippen LogP contribution in [0.15, 0.2) is 95.7 Å². The van der Waals surface area contributed by atoms with Crippen molar-refractivity contribution in [3.05, 3.63) is 117 Å². The van der Waals surface area contributed by atoms with Crippen LogP contribution in [0.2, 0.25) is 5.02 Å². The monoisotopic (exact) mass is 943 g/mol. The number of aromatic amines is 1. The van der Waals surface area contributed by atoms with Crippen molar-refractivity contribution in [3.8, 4) is 11.5 Å². The van der Waals surface area contributed by atoms with Gasteiger partial charge >= 0.3 is 0 Å². The summed E-state index contributed by atoms with van der Waals surface area (Å²) in [6, 6.07) is 20.2. The van der Waals surface area contributed by atoms with Crippen LogP contribution >= 0.6 is 19.1 Å². The number of amides is 1. The number of piperazine rings is 1. The van der Waals surface area contributed by atoms with Gasteiger partial charge in [-0.05, 0) is 91.3 Å². The number of nitrogens with zero attached hydrogens (tertiary/aromatic N) is 5. The van der Waals surface area contributed by atoms with Crippen molar-refractivity contribution in [2.45, 2.75) is 51.0 Å². The number of carbonyl (C=O) groups excluding carboxylic acids is 1. The third kappa shape index (κ3) is 11.3. The van der Waals surface area contributed by atoms with Crippen LogP contribution in [0.5, 0.6) is 11.5 Å². The molecule has 3 aliphatic rings. The van der Waals surface area contributed by atoms with Crippen molar-refractivity contribution in [1.29, 1.82) is 0 Å². The van der Waals surface area contributed by atoms with Gasteiger partial charge in [0.15, 0.2) is 0 Å². The molecule has 0 saturated carbocycles. The molecule has 3 aromatic carbocycles. The van der Waals surface area contributed by atoms with E-state index in [1.54, 1.807) is 30.5 Å². The van der Waals surface area contributed by atoms with Gasteiger partial charge in [-0.15, -0.1) is 0 Å². The smallest absolute Gasteiger partial charge is 0.293 e. The summed E-state index contributed by atoms with van der Waals surface area (Å²) in [5.41, 5.74) is 5.44. The molecule has 8 rings (SSSR count). The fourth-order valence-electron chi connectivity index (χ4n) is 8.99. The predicted octanol–water partition coefficient (Wildman–Crippen LogP) is 8.49. The summed E-state index contributed by atoms with van der Waals surface area (Å²) < 4.78 is 36.0. The Hall–Kier alpha value is -5.09. The molecule has 1 atom stereocenters. The van der Waals surface area contributed by atoms with E-state index in [4.69, 9.17) is 16.3 Å². The molecule has 15 nitrogen and oxygen atoms in total. The Morgan fingerprint density at radius 3 is 2.48 bits per heavy atom. The zero-order valence-corrected chi connectivity index (χ0v) is 39.7. The van der Waals surface area contributed by atoms with E-state index in [1.807, 2.05) is 31.8 Å². The number of H-pyrrole nitrogens is 1. The fourth-order valence-corrected chi connectivity index (χ4v) is 11.7. The lowest BCUT2D eigenvalue weighted by molar-refractivity contribution is -0.384. The van der Waals surface area contributed by atoms with Gasteiger partial charge in [0, 0.05) is 92.8 Å². The largest absolute Gasteiger partial charge is 0.455 e. The van der Waals surface area contributed by atoms with E-state index in [2.05, 4.69) is 60.7 Å². The molecule has 65 heavy (non-hydrogen) atoms. The van der Waals surface area contributed by atoms with Crippen molar-refractivity contribution >= 4 is 68.7 Å². The number of hydrogen-bond donors (Lipinski definition) is 4. The maximum atomic E-state index is 14.0. The highest BCUT2D eigenvalue weighted by Crippen LogP contribution is 2.51. The van der Waals surface area contributed by atoms with Gasteiger partial charge in [0.05, 0.1) is 40.6 Å². The minimum absolute atomic E-state index is 0.0463. The molecule has 2 fully saturated rings. The minimum atomic E-state index is -4.59. The SMILES string of the molecule is C[C@H](CN1CC[P+](C)(O)CC1)Nc1ccc(S(=O)(=O)NC(=O)c2ccc(N3CCN(CC4=C(c5ccc(Cl)cc5)CC(C)(C)CC4)CC3)cc2Oc2cnc3[nH]ccc3c2)cc1[N+](=O)[O-]. The van der Waals surface area contributed by atoms with Crippen LogP contribution in [0.4, 0.5) is 17.1 Å². The molecule has 1 amide bonds. The van der Waals surface area contributed by atoms with Gasteiger partial charge in [-0.2, -0.15) is 0 Å². The highest BCUT2D eigenvalue weighted by Gasteiger charge is 2.35. The normalized spacial score (nSPS) is 18.6. The van der Waals surface area contributed by atoms with Crippen LogP contribution in [0.25, 0.3) is 16.6 Å². The number of sulfonamides is 1. The van der Waals surface area contributed by atoms with Gasteiger partial charge in [0.1, 0.15) is 30.3 Å². The molecule has 0 bridgehead atoms. The Kier molecular flexibility index (Phi) is 13.6. The van der Waals surface area contributed by atoms with Crippen molar-refractivity contribution in [2.24, 2.45) is 5.41 Å². The topological polar surface area (TPSA) is 186 Å². The van der Waals surface area contributed by atoms with Crippen LogP contribution < -0.4 is 19.7 Å². The second-order valence-electron chi connectivity index (χ2n) is 18.6. The Morgan fingerprint density at radius 1 is 1.02 bits per heavy atom. The molecular weight excluding hydrogens is 887 g/mol. The number of nitro benzene ring substituents is 1. The molecule has 18 heteroatoms. The average molecular weight is 945 g/mol. The number of hydrogen-bond acceptors (Lipinski definition) is 12. The Bertz CT molecular complexity index is 2710. The van der Waals surface area contributed by atoms with Crippen molar-refractivity contribution in [2.75, 3.05) is 81.6 Å². The molecular formula is C47H57ClN8O7PS+. The van der Waals surface area contributed by atoms with Gasteiger partial charge < -0.3 is 19.9 Å². The maximum absolute atomic E-state index is 14.0. The zero-order chi connectivity index (χ0) is 46.1. The third-order valence-corrected chi connectivity index (χ3v) is 16.7. The Morgan fingerprint density at radius 2 is 1.75 bits per heavy atom. The number of allylic oxidation sites excluding steroid dienone is 1. The first-order valence-electron chi connectivity index (χ1n) is 22.0. The second-order valence-corrected chi connectivity index (χ2v) is 24.3. The summed E-state index contributed by atoms with van der Waals surface area (Å²) >= 11 is 6.25. The van der Waals surface area contributed by atoms with E-state index in [-0.39, 0.29) is 28.5 Å². The molecule has 0 spiro atoms. The molecule has 0 unspecified atom stereocenters. The lowest BCUT2D eigenvalue weighted by Crippen LogP contribution is -2.47. The van der Waals surface area contributed by atoms with E-state index >= 15 is 0 Å². The first-order chi connectivity index (χ1) is 30.9. The molecule has 5 aromatic rings. The fraction of sp³-hybridized carbons (Fsp3) is 0.404. The molecule has 4 N–H and O–H groups in total. The highest BCUT2D eigenvalue weighted by atomic mass is 35.5. The van der Waals surface area contributed by atoms with Crippen molar-refractivity contribution in [1.82, 2.24) is 24.5 Å². The van der Waals surface area contributed by atoms with Crippen molar-refractivity contribution in [3.63, 3.8) is 0 Å². The summed E-state index contributed by atoms with van der Waals surface area (Å²) in [5, 5.41) is 16.9. The first kappa shape index (κ1) is 46.4. The summed E-state index contributed by atoms with van der Waals surface area (Å²) in [6.07, 6.45) is 7.93. The van der Waals surface area contributed by atoms with E-state index < -0.39 is 38.9 Å². The molecule has 4 heterocycles. The van der Waals surface area contributed by atoms with Gasteiger partial charge in [-0.1, -0.05) is 43.2 Å². The minimum Gasteiger partial charge on any atom is -0.455 e. The molecule has 0 radical (unpaired) electrons. The summed E-state index contributed by atoms with van der Waals surface area (Å²) in [6.45, 7) is 14.5.